The number of hydrogen-bond donors (Lipinski definition) is 2. The summed E-state index contributed by atoms with van der Waals surface area (Å²) in [5.74, 6) is 1.39. The van der Waals surface area contributed by atoms with Crippen molar-refractivity contribution in [2.45, 2.75) is 0 Å². The maximum absolute atomic E-state index is 5.70. The smallest absolute Gasteiger partial charge is 0.190 e. The van der Waals surface area contributed by atoms with Gasteiger partial charge in [0.05, 0.1) is 12.1 Å². The number of hydrogen-bond acceptors (Lipinski definition) is 3. The molecule has 0 aliphatic rings. The molecule has 19 heavy (non-hydrogen) atoms. The van der Waals surface area contributed by atoms with Gasteiger partial charge in [0.25, 0.3) is 0 Å². The average molecular weight is 257 g/mol. The first-order valence-electron chi connectivity index (χ1n) is 6.24. The van der Waals surface area contributed by atoms with E-state index in [0.29, 0.717) is 19.0 Å². The second-order valence-corrected chi connectivity index (χ2v) is 4.45. The van der Waals surface area contributed by atoms with Crippen molar-refractivity contribution < 1.29 is 0 Å². The van der Waals surface area contributed by atoms with E-state index in [1.807, 2.05) is 44.4 Å². The Balaban J connectivity index is 1.93. The third kappa shape index (κ3) is 3.58. The minimum absolute atomic E-state index is 0.535. The van der Waals surface area contributed by atoms with Crippen LogP contribution in [0.5, 0.6) is 0 Å². The summed E-state index contributed by atoms with van der Waals surface area (Å²) in [6.07, 6.45) is 0. The number of nitrogens with two attached hydrogens (primary N) is 1. The van der Waals surface area contributed by atoms with Gasteiger partial charge in [0.1, 0.15) is 5.82 Å². The van der Waals surface area contributed by atoms with Gasteiger partial charge in [0, 0.05) is 26.0 Å². The molecule has 0 spiro atoms. The minimum Gasteiger partial charge on any atom is -0.370 e. The van der Waals surface area contributed by atoms with E-state index in [1.165, 1.54) is 0 Å². The highest BCUT2D eigenvalue weighted by Gasteiger charge is 1.97. The highest BCUT2D eigenvalue weighted by molar-refractivity contribution is 5.80. The number of fused-ring (bicyclic) bond motifs is 1. The first kappa shape index (κ1) is 13.1. The van der Waals surface area contributed by atoms with E-state index in [2.05, 4.69) is 21.4 Å². The molecule has 2 rings (SSSR count). The van der Waals surface area contributed by atoms with Gasteiger partial charge in [-0.1, -0.05) is 18.2 Å². The van der Waals surface area contributed by atoms with Crippen LogP contribution in [0, 0.1) is 0 Å². The lowest BCUT2D eigenvalue weighted by molar-refractivity contribution is 0.610. The lowest BCUT2D eigenvalue weighted by Gasteiger charge is -2.10. The van der Waals surface area contributed by atoms with Crippen molar-refractivity contribution in [3.8, 4) is 0 Å². The van der Waals surface area contributed by atoms with E-state index in [4.69, 9.17) is 5.73 Å². The molecule has 1 aromatic heterocycles. The zero-order chi connectivity index (χ0) is 13.7. The number of aromatic nitrogens is 1. The zero-order valence-corrected chi connectivity index (χ0v) is 11.3. The van der Waals surface area contributed by atoms with Gasteiger partial charge >= 0.3 is 0 Å². The normalized spacial score (nSPS) is 11.6. The van der Waals surface area contributed by atoms with Gasteiger partial charge in [0.15, 0.2) is 5.96 Å². The van der Waals surface area contributed by atoms with Crippen molar-refractivity contribution >= 4 is 22.7 Å². The Hall–Kier alpha value is -2.30. The molecule has 0 radical (unpaired) electrons. The molecule has 2 aromatic rings. The van der Waals surface area contributed by atoms with Gasteiger partial charge < -0.3 is 16.0 Å². The summed E-state index contributed by atoms with van der Waals surface area (Å²) in [5, 5.41) is 4.38. The van der Waals surface area contributed by atoms with Crippen LogP contribution in [0.25, 0.3) is 10.9 Å². The Morgan fingerprint density at radius 3 is 2.84 bits per heavy atom. The van der Waals surface area contributed by atoms with Crippen LogP contribution in [0.2, 0.25) is 0 Å². The van der Waals surface area contributed by atoms with Gasteiger partial charge in [0.2, 0.25) is 0 Å². The van der Waals surface area contributed by atoms with E-state index in [1.54, 1.807) is 4.90 Å². The molecule has 1 heterocycles. The Kier molecular flexibility index (Phi) is 4.18. The van der Waals surface area contributed by atoms with E-state index in [0.717, 1.165) is 16.7 Å². The molecule has 0 bridgehead atoms. The fraction of sp³-hybridized carbons (Fsp3) is 0.286. The van der Waals surface area contributed by atoms with E-state index in [-0.39, 0.29) is 0 Å². The molecule has 0 amide bonds. The Labute approximate surface area is 113 Å². The highest BCUT2D eigenvalue weighted by Crippen LogP contribution is 2.14. The van der Waals surface area contributed by atoms with Crippen molar-refractivity contribution in [1.82, 2.24) is 9.88 Å². The van der Waals surface area contributed by atoms with Crippen molar-refractivity contribution in [2.75, 3.05) is 32.5 Å². The third-order valence-corrected chi connectivity index (χ3v) is 2.75. The van der Waals surface area contributed by atoms with Crippen LogP contribution in [0.1, 0.15) is 0 Å². The second-order valence-electron chi connectivity index (χ2n) is 4.45. The number of anilines is 1. The number of pyridine rings is 1. The molecular formula is C14H19N5. The number of rotatable bonds is 4. The predicted molar refractivity (Wildman–Crippen MR) is 80.4 cm³/mol. The van der Waals surface area contributed by atoms with Gasteiger partial charge in [-0.25, -0.2) is 4.98 Å². The number of nitrogens with one attached hydrogen (secondary N) is 1. The third-order valence-electron chi connectivity index (χ3n) is 2.75. The molecule has 1 aromatic carbocycles. The fourth-order valence-corrected chi connectivity index (χ4v) is 1.66. The standard InChI is InChI=1S/C14H19N5/c1-19(2)14(15)17-10-9-16-13-8-7-11-5-3-4-6-12(11)18-13/h3-8H,9-10H2,1-2H3,(H2,15,17)(H,16,18). The van der Waals surface area contributed by atoms with Crippen molar-refractivity contribution in [3.05, 3.63) is 36.4 Å². The fourth-order valence-electron chi connectivity index (χ4n) is 1.66. The van der Waals surface area contributed by atoms with E-state index < -0.39 is 0 Å². The Morgan fingerprint density at radius 2 is 2.05 bits per heavy atom. The number of aliphatic imine (C=N–C) groups is 1. The maximum Gasteiger partial charge on any atom is 0.190 e. The number of guanidine groups is 1. The van der Waals surface area contributed by atoms with Gasteiger partial charge in [-0.2, -0.15) is 0 Å². The number of para-hydroxylation sites is 1. The van der Waals surface area contributed by atoms with Crippen LogP contribution in [0.15, 0.2) is 41.4 Å². The predicted octanol–water partition coefficient (Wildman–Crippen LogP) is 1.52. The summed E-state index contributed by atoms with van der Waals surface area (Å²) in [4.78, 5) is 10.5. The molecular weight excluding hydrogens is 238 g/mol. The number of nitrogens with zero attached hydrogens (tertiary/aromatic N) is 3. The molecule has 0 saturated heterocycles. The molecule has 5 nitrogen and oxygen atoms in total. The first-order chi connectivity index (χ1) is 9.16. The number of benzene rings is 1. The highest BCUT2D eigenvalue weighted by atomic mass is 15.2. The van der Waals surface area contributed by atoms with Crippen molar-refractivity contribution in [1.29, 1.82) is 0 Å². The summed E-state index contributed by atoms with van der Waals surface area (Å²) < 4.78 is 0. The van der Waals surface area contributed by atoms with E-state index in [9.17, 15) is 0 Å². The van der Waals surface area contributed by atoms with Crippen LogP contribution in [-0.2, 0) is 0 Å². The molecule has 0 aliphatic heterocycles. The first-order valence-corrected chi connectivity index (χ1v) is 6.24. The molecule has 0 aliphatic carbocycles. The van der Waals surface area contributed by atoms with Crippen LogP contribution < -0.4 is 11.1 Å². The zero-order valence-electron chi connectivity index (χ0n) is 11.3. The topological polar surface area (TPSA) is 66.5 Å². The Bertz CT molecular complexity index is 577. The van der Waals surface area contributed by atoms with Crippen LogP contribution in [0.4, 0.5) is 5.82 Å². The van der Waals surface area contributed by atoms with Gasteiger partial charge in [-0.3, -0.25) is 4.99 Å². The summed E-state index contributed by atoms with van der Waals surface area (Å²) in [6.45, 7) is 1.33. The lowest BCUT2D eigenvalue weighted by atomic mass is 10.2. The summed E-state index contributed by atoms with van der Waals surface area (Å²) in [6, 6.07) is 12.1. The van der Waals surface area contributed by atoms with E-state index >= 15 is 0 Å². The lowest BCUT2D eigenvalue weighted by Crippen LogP contribution is -2.31. The maximum atomic E-state index is 5.70. The molecule has 5 heteroatoms. The van der Waals surface area contributed by atoms with Crippen LogP contribution >= 0.6 is 0 Å². The Morgan fingerprint density at radius 1 is 1.26 bits per heavy atom. The van der Waals surface area contributed by atoms with Crippen LogP contribution in [-0.4, -0.2) is 43.0 Å². The molecule has 100 valence electrons. The molecule has 0 saturated carbocycles. The second kappa shape index (κ2) is 6.04. The molecule has 0 unspecified atom stereocenters. The SMILES string of the molecule is CN(C)C(N)=NCCNc1ccc2ccccc2n1. The molecule has 0 fully saturated rings. The van der Waals surface area contributed by atoms with Crippen molar-refractivity contribution in [3.63, 3.8) is 0 Å². The monoisotopic (exact) mass is 257 g/mol. The van der Waals surface area contributed by atoms with Crippen LogP contribution in [0.3, 0.4) is 0 Å². The summed E-state index contributed by atoms with van der Waals surface area (Å²) in [5.41, 5.74) is 6.69. The summed E-state index contributed by atoms with van der Waals surface area (Å²) in [7, 11) is 3.74. The van der Waals surface area contributed by atoms with Crippen molar-refractivity contribution in [2.24, 2.45) is 10.7 Å². The minimum atomic E-state index is 0.535. The largest absolute Gasteiger partial charge is 0.370 e. The molecule has 3 N–H and O–H groups in total. The summed E-state index contributed by atoms with van der Waals surface area (Å²) >= 11 is 0. The van der Waals surface area contributed by atoms with Gasteiger partial charge in [-0.15, -0.1) is 0 Å². The van der Waals surface area contributed by atoms with Gasteiger partial charge in [-0.05, 0) is 18.2 Å². The molecule has 0 atom stereocenters. The quantitative estimate of drug-likeness (QED) is 0.495. The average Bonchev–Trinajstić information content (AvgIpc) is 2.43.